The maximum atomic E-state index is 13.7. The second-order valence-corrected chi connectivity index (χ2v) is 10.5. The normalized spacial score (nSPS) is 31.5. The van der Waals surface area contributed by atoms with Gasteiger partial charge in [0.25, 0.3) is 0 Å². The van der Waals surface area contributed by atoms with E-state index < -0.39 is 0 Å². The Bertz CT molecular complexity index is 1020. The molecule has 0 N–H and O–H groups in total. The molecule has 6 rings (SSSR count). The summed E-state index contributed by atoms with van der Waals surface area (Å²) in [4.78, 5) is 18.7. The molecule has 0 unspecified atom stereocenters. The molecule has 1 aromatic heterocycles. The van der Waals surface area contributed by atoms with E-state index in [4.69, 9.17) is 0 Å². The molecule has 4 fully saturated rings. The summed E-state index contributed by atoms with van der Waals surface area (Å²) in [5, 5.41) is 0. The summed E-state index contributed by atoms with van der Waals surface area (Å²) in [6.45, 7) is 6.50. The fourth-order valence-electron chi connectivity index (χ4n) is 7.10. The van der Waals surface area contributed by atoms with Crippen LogP contribution >= 0.6 is 0 Å². The number of carbonyl (C=O) groups excluding carboxylic acids is 1. The molecule has 168 valence electrons. The highest BCUT2D eigenvalue weighted by Gasteiger charge is 2.51. The van der Waals surface area contributed by atoms with Crippen molar-refractivity contribution in [2.24, 2.45) is 11.8 Å². The van der Waals surface area contributed by atoms with Crippen LogP contribution in [0.4, 0.5) is 0 Å². The van der Waals surface area contributed by atoms with E-state index in [1.807, 2.05) is 0 Å². The molecule has 2 aromatic rings. The Labute approximate surface area is 191 Å². The van der Waals surface area contributed by atoms with Gasteiger partial charge in [0.2, 0.25) is 5.91 Å². The average Bonchev–Trinajstić information content (AvgIpc) is 3.24. The number of rotatable bonds is 3. The molecule has 4 saturated heterocycles. The highest BCUT2D eigenvalue weighted by Crippen LogP contribution is 2.45. The van der Waals surface area contributed by atoms with Gasteiger partial charge in [0.05, 0.1) is 0 Å². The van der Waals surface area contributed by atoms with Gasteiger partial charge in [-0.25, -0.2) is 0 Å². The van der Waals surface area contributed by atoms with Crippen LogP contribution in [0.2, 0.25) is 0 Å². The Hall–Kier alpha value is -2.33. The first kappa shape index (κ1) is 20.3. The third-order valence-corrected chi connectivity index (χ3v) is 8.58. The summed E-state index contributed by atoms with van der Waals surface area (Å²) in [7, 11) is 0. The standard InChI is InChI=1S/C28H35N3O/c1-20-8-10-21(11-9-20)18-30-16-3-6-24(30)17-22-12-13-26-25-7-4-15-29-14-2-5-23(27(25)29)19-31(26)28(22)32/h3,6,8-11,16-17,23,25-27H,2,4-5,7,12-15,18-19H2,1H3/b22-17+/t23-,25+,26+,27-/m0/s1. The van der Waals surface area contributed by atoms with Crippen LogP contribution in [0.15, 0.2) is 48.2 Å². The summed E-state index contributed by atoms with van der Waals surface area (Å²) in [5.74, 6) is 1.68. The van der Waals surface area contributed by atoms with Crippen molar-refractivity contribution in [3.63, 3.8) is 0 Å². The highest BCUT2D eigenvalue weighted by molar-refractivity contribution is 5.98. The van der Waals surface area contributed by atoms with Crippen molar-refractivity contribution in [1.82, 2.24) is 14.4 Å². The zero-order chi connectivity index (χ0) is 21.7. The van der Waals surface area contributed by atoms with E-state index in [1.54, 1.807) is 0 Å². The fraction of sp³-hybridized carbons (Fsp3) is 0.536. The lowest BCUT2D eigenvalue weighted by Crippen LogP contribution is -2.66. The first-order chi connectivity index (χ1) is 15.7. The Morgan fingerprint density at radius 2 is 1.84 bits per heavy atom. The summed E-state index contributed by atoms with van der Waals surface area (Å²) < 4.78 is 2.27. The monoisotopic (exact) mass is 429 g/mol. The lowest BCUT2D eigenvalue weighted by atomic mass is 9.67. The maximum absolute atomic E-state index is 13.7. The molecule has 0 radical (unpaired) electrons. The molecule has 4 aliphatic heterocycles. The van der Waals surface area contributed by atoms with E-state index in [2.05, 4.69) is 70.0 Å². The maximum Gasteiger partial charge on any atom is 0.250 e. The van der Waals surface area contributed by atoms with Gasteiger partial charge in [0.1, 0.15) is 0 Å². The molecule has 4 aliphatic rings. The largest absolute Gasteiger partial charge is 0.344 e. The van der Waals surface area contributed by atoms with Crippen molar-refractivity contribution < 1.29 is 4.79 Å². The van der Waals surface area contributed by atoms with Crippen LogP contribution in [-0.4, -0.2) is 52.0 Å². The van der Waals surface area contributed by atoms with Gasteiger partial charge in [-0.3, -0.25) is 9.69 Å². The van der Waals surface area contributed by atoms with Crippen molar-refractivity contribution in [2.45, 2.75) is 64.1 Å². The summed E-state index contributed by atoms with van der Waals surface area (Å²) in [6, 6.07) is 14.2. The van der Waals surface area contributed by atoms with Crippen molar-refractivity contribution >= 4 is 12.0 Å². The summed E-state index contributed by atoms with van der Waals surface area (Å²) in [5.41, 5.74) is 4.73. The van der Waals surface area contributed by atoms with Crippen LogP contribution in [-0.2, 0) is 11.3 Å². The Morgan fingerprint density at radius 1 is 1.03 bits per heavy atom. The minimum Gasteiger partial charge on any atom is -0.344 e. The van der Waals surface area contributed by atoms with Gasteiger partial charge in [-0.15, -0.1) is 0 Å². The molecule has 1 amide bonds. The topological polar surface area (TPSA) is 28.5 Å². The van der Waals surface area contributed by atoms with Gasteiger partial charge in [0, 0.05) is 42.6 Å². The lowest BCUT2D eigenvalue weighted by molar-refractivity contribution is -0.145. The number of aromatic nitrogens is 1. The predicted octanol–water partition coefficient (Wildman–Crippen LogP) is 4.72. The Kier molecular flexibility index (Phi) is 5.21. The van der Waals surface area contributed by atoms with Crippen LogP contribution in [0.25, 0.3) is 6.08 Å². The zero-order valence-electron chi connectivity index (χ0n) is 19.2. The van der Waals surface area contributed by atoms with Crippen molar-refractivity contribution in [3.8, 4) is 0 Å². The average molecular weight is 430 g/mol. The number of carbonyl (C=O) groups is 1. The fourth-order valence-corrected chi connectivity index (χ4v) is 7.10. The number of benzene rings is 1. The van der Waals surface area contributed by atoms with Crippen molar-refractivity contribution in [2.75, 3.05) is 19.6 Å². The quantitative estimate of drug-likeness (QED) is 0.661. The number of amides is 1. The minimum absolute atomic E-state index is 0.311. The second-order valence-electron chi connectivity index (χ2n) is 10.5. The van der Waals surface area contributed by atoms with Crippen LogP contribution in [0, 0.1) is 18.8 Å². The van der Waals surface area contributed by atoms with Gasteiger partial charge in [-0.2, -0.15) is 0 Å². The van der Waals surface area contributed by atoms with Gasteiger partial charge in [0.15, 0.2) is 0 Å². The number of nitrogens with zero attached hydrogens (tertiary/aromatic N) is 3. The van der Waals surface area contributed by atoms with E-state index in [0.29, 0.717) is 23.8 Å². The molecule has 4 nitrogen and oxygen atoms in total. The molecular formula is C28H35N3O. The number of aryl methyl sites for hydroxylation is 1. The molecule has 5 heterocycles. The highest BCUT2D eigenvalue weighted by atomic mass is 16.2. The molecule has 4 atom stereocenters. The SMILES string of the molecule is Cc1ccc(Cn2cccc2/C=C2\CC[C@@H]3[C@H]4CCCN5CCC[C@@H](CN3C2=O)[C@@H]45)cc1. The Morgan fingerprint density at radius 3 is 2.69 bits per heavy atom. The Balaban J connectivity index is 1.23. The van der Waals surface area contributed by atoms with Crippen molar-refractivity contribution in [3.05, 3.63) is 65.0 Å². The van der Waals surface area contributed by atoms with Crippen molar-refractivity contribution in [1.29, 1.82) is 0 Å². The van der Waals surface area contributed by atoms with Crippen LogP contribution < -0.4 is 0 Å². The van der Waals surface area contributed by atoms with E-state index >= 15 is 0 Å². The first-order valence-electron chi connectivity index (χ1n) is 12.6. The second kappa shape index (κ2) is 8.22. The smallest absolute Gasteiger partial charge is 0.250 e. The van der Waals surface area contributed by atoms with E-state index in [1.165, 1.54) is 49.9 Å². The zero-order valence-corrected chi connectivity index (χ0v) is 19.2. The van der Waals surface area contributed by atoms with Crippen LogP contribution in [0.1, 0.15) is 55.3 Å². The molecule has 0 saturated carbocycles. The molecule has 4 heteroatoms. The number of piperidine rings is 4. The van der Waals surface area contributed by atoms with Crippen LogP contribution in [0.3, 0.4) is 0 Å². The van der Waals surface area contributed by atoms with E-state index in [0.717, 1.165) is 43.2 Å². The number of fused-ring (bicyclic) bond motifs is 2. The third-order valence-electron chi connectivity index (χ3n) is 8.58. The molecule has 32 heavy (non-hydrogen) atoms. The molecule has 0 aliphatic carbocycles. The van der Waals surface area contributed by atoms with E-state index in [9.17, 15) is 4.79 Å². The van der Waals surface area contributed by atoms with Gasteiger partial charge in [-0.05, 0) is 94.1 Å². The molecule has 0 bridgehead atoms. The van der Waals surface area contributed by atoms with E-state index in [-0.39, 0.29) is 0 Å². The van der Waals surface area contributed by atoms with Gasteiger partial charge in [-0.1, -0.05) is 29.8 Å². The molecule has 1 aromatic carbocycles. The number of hydrogen-bond donors (Lipinski definition) is 0. The van der Waals surface area contributed by atoms with Gasteiger partial charge >= 0.3 is 0 Å². The van der Waals surface area contributed by atoms with Crippen LogP contribution in [0.5, 0.6) is 0 Å². The molecule has 0 spiro atoms. The summed E-state index contributed by atoms with van der Waals surface area (Å²) >= 11 is 0. The number of hydrogen-bond acceptors (Lipinski definition) is 2. The summed E-state index contributed by atoms with van der Waals surface area (Å²) in [6.07, 6.45) is 11.6. The first-order valence-corrected chi connectivity index (χ1v) is 12.6. The lowest BCUT2D eigenvalue weighted by Gasteiger charge is -2.58. The molecular weight excluding hydrogens is 394 g/mol. The minimum atomic E-state index is 0.311. The van der Waals surface area contributed by atoms with Gasteiger partial charge < -0.3 is 9.47 Å². The third kappa shape index (κ3) is 3.53. The predicted molar refractivity (Wildman–Crippen MR) is 128 cm³/mol.